The Labute approximate surface area is 188 Å². The zero-order chi connectivity index (χ0) is 22.3. The molecule has 0 spiro atoms. The first-order chi connectivity index (χ1) is 15.4. The van der Waals surface area contributed by atoms with Gasteiger partial charge in [0.05, 0.1) is 15.5 Å². The molecule has 0 atom stereocenters. The number of sulfone groups is 1. The van der Waals surface area contributed by atoms with Crippen LogP contribution in [0.1, 0.15) is 12.5 Å². The molecule has 32 heavy (non-hydrogen) atoms. The summed E-state index contributed by atoms with van der Waals surface area (Å²) in [5.74, 6) is 0.886. The maximum Gasteiger partial charge on any atom is 0.206 e. The van der Waals surface area contributed by atoms with Crippen LogP contribution in [0.4, 0.5) is 17.1 Å². The van der Waals surface area contributed by atoms with Gasteiger partial charge >= 0.3 is 0 Å². The molecule has 0 saturated heterocycles. The van der Waals surface area contributed by atoms with Crippen molar-refractivity contribution >= 4 is 43.5 Å². The van der Waals surface area contributed by atoms with Gasteiger partial charge in [0.2, 0.25) is 9.84 Å². The Morgan fingerprint density at radius 2 is 1.56 bits per heavy atom. The first-order valence-corrected chi connectivity index (χ1v) is 11.9. The van der Waals surface area contributed by atoms with Gasteiger partial charge in [-0.3, -0.25) is 0 Å². The Bertz CT molecular complexity index is 1440. The lowest BCUT2D eigenvalue weighted by molar-refractivity contribution is 0.596. The van der Waals surface area contributed by atoms with Gasteiger partial charge in [-0.15, -0.1) is 0 Å². The van der Waals surface area contributed by atoms with Crippen molar-refractivity contribution in [3.8, 4) is 0 Å². The maximum atomic E-state index is 12.8. The van der Waals surface area contributed by atoms with E-state index in [0.29, 0.717) is 16.3 Å². The van der Waals surface area contributed by atoms with E-state index in [0.717, 1.165) is 39.2 Å². The highest BCUT2D eigenvalue weighted by atomic mass is 32.2. The highest BCUT2D eigenvalue weighted by Crippen LogP contribution is 2.40. The molecule has 160 valence electrons. The zero-order valence-corrected chi connectivity index (χ0v) is 18.7. The molecule has 0 radical (unpaired) electrons. The molecule has 4 aromatic carbocycles. The van der Waals surface area contributed by atoms with Crippen LogP contribution >= 0.6 is 0 Å². The van der Waals surface area contributed by atoms with Crippen LogP contribution in [0, 0.1) is 0 Å². The molecular formula is C26H23N3O2S. The molecule has 0 fully saturated rings. The van der Waals surface area contributed by atoms with Crippen LogP contribution in [0.3, 0.4) is 0 Å². The summed E-state index contributed by atoms with van der Waals surface area (Å²) in [6, 6.07) is 26.0. The molecule has 5 nitrogen and oxygen atoms in total. The van der Waals surface area contributed by atoms with E-state index in [1.54, 1.807) is 36.4 Å². The Balaban J connectivity index is 1.43. The van der Waals surface area contributed by atoms with Crippen molar-refractivity contribution in [1.82, 2.24) is 0 Å². The average molecular weight is 442 g/mol. The minimum absolute atomic E-state index is 0.302. The molecule has 1 aliphatic rings. The minimum Gasteiger partial charge on any atom is -0.370 e. The van der Waals surface area contributed by atoms with E-state index in [4.69, 9.17) is 0 Å². The lowest BCUT2D eigenvalue weighted by Crippen LogP contribution is -2.17. The standard InChI is InChI=1S/C26H23N3O2S/c1-18-27-23-10-6-9-22-25(16-15-24(28-18)26(22)23)29(2)17-19-11-13-21(14-12-19)32(30,31)20-7-4-3-5-8-20/h3-16H,17H2,1-2H3,(H,27,28). The largest absolute Gasteiger partial charge is 0.370 e. The summed E-state index contributed by atoms with van der Waals surface area (Å²) < 4.78 is 25.7. The summed E-state index contributed by atoms with van der Waals surface area (Å²) in [5.41, 5.74) is 4.17. The predicted octanol–water partition coefficient (Wildman–Crippen LogP) is 5.78. The molecule has 4 aromatic rings. The average Bonchev–Trinajstić information content (AvgIpc) is 2.80. The molecular weight excluding hydrogens is 418 g/mol. The molecule has 6 heteroatoms. The fourth-order valence-electron chi connectivity index (χ4n) is 4.18. The lowest BCUT2D eigenvalue weighted by Gasteiger charge is -2.24. The third-order valence-electron chi connectivity index (χ3n) is 5.72. The van der Waals surface area contributed by atoms with Gasteiger partial charge in [0.1, 0.15) is 5.84 Å². The summed E-state index contributed by atoms with van der Waals surface area (Å²) in [6.07, 6.45) is 0. The molecule has 5 rings (SSSR count). The second-order valence-corrected chi connectivity index (χ2v) is 9.92. The molecule has 0 amide bonds. The third kappa shape index (κ3) is 3.52. The van der Waals surface area contributed by atoms with Crippen molar-refractivity contribution in [3.05, 3.63) is 90.5 Å². The number of nitrogens with one attached hydrogen (secondary N) is 1. The van der Waals surface area contributed by atoms with Crippen molar-refractivity contribution in [2.24, 2.45) is 4.99 Å². The van der Waals surface area contributed by atoms with Crippen LogP contribution in [0.15, 0.2) is 99.7 Å². The van der Waals surface area contributed by atoms with Crippen molar-refractivity contribution in [2.75, 3.05) is 17.3 Å². The van der Waals surface area contributed by atoms with Crippen LogP contribution < -0.4 is 10.2 Å². The first kappa shape index (κ1) is 20.3. The van der Waals surface area contributed by atoms with Crippen molar-refractivity contribution in [1.29, 1.82) is 0 Å². The summed E-state index contributed by atoms with van der Waals surface area (Å²) >= 11 is 0. The van der Waals surface area contributed by atoms with Gasteiger partial charge in [-0.05, 0) is 55.0 Å². The molecule has 1 aliphatic heterocycles. The Morgan fingerprint density at radius 3 is 2.31 bits per heavy atom. The summed E-state index contributed by atoms with van der Waals surface area (Å²) in [7, 11) is -1.46. The number of aliphatic imine (C=N–C) groups is 1. The van der Waals surface area contributed by atoms with Gasteiger partial charge in [-0.2, -0.15) is 0 Å². The number of benzene rings is 4. The second kappa shape index (κ2) is 7.80. The fourth-order valence-corrected chi connectivity index (χ4v) is 5.46. The normalized spacial score (nSPS) is 12.9. The van der Waals surface area contributed by atoms with Gasteiger partial charge in [-0.25, -0.2) is 13.4 Å². The number of rotatable bonds is 5. The number of nitrogens with zero attached hydrogens (tertiary/aromatic N) is 2. The van der Waals surface area contributed by atoms with E-state index in [1.807, 2.05) is 38.2 Å². The Hall–Kier alpha value is -3.64. The zero-order valence-electron chi connectivity index (χ0n) is 17.9. The smallest absolute Gasteiger partial charge is 0.206 e. The van der Waals surface area contributed by atoms with E-state index in [1.165, 1.54) is 0 Å². The quantitative estimate of drug-likeness (QED) is 0.426. The molecule has 0 aliphatic carbocycles. The highest BCUT2D eigenvalue weighted by molar-refractivity contribution is 7.91. The number of hydrogen-bond donors (Lipinski definition) is 1. The topological polar surface area (TPSA) is 61.8 Å². The monoisotopic (exact) mass is 441 g/mol. The number of hydrogen-bond acceptors (Lipinski definition) is 5. The maximum absolute atomic E-state index is 12.8. The van der Waals surface area contributed by atoms with Crippen molar-refractivity contribution in [2.45, 2.75) is 23.3 Å². The van der Waals surface area contributed by atoms with Crippen LogP contribution in [0.2, 0.25) is 0 Å². The van der Waals surface area contributed by atoms with Gasteiger partial charge in [0, 0.05) is 35.7 Å². The van der Waals surface area contributed by atoms with Gasteiger partial charge in [0.15, 0.2) is 0 Å². The predicted molar refractivity (Wildman–Crippen MR) is 131 cm³/mol. The van der Waals surface area contributed by atoms with Gasteiger partial charge in [-0.1, -0.05) is 42.5 Å². The Kier molecular flexibility index (Phi) is 4.94. The highest BCUT2D eigenvalue weighted by Gasteiger charge is 2.18. The summed E-state index contributed by atoms with van der Waals surface area (Å²) in [5, 5.41) is 5.60. The van der Waals surface area contributed by atoms with E-state index in [-0.39, 0.29) is 0 Å². The molecule has 0 aromatic heterocycles. The van der Waals surface area contributed by atoms with Crippen LogP contribution in [-0.4, -0.2) is 21.3 Å². The fraction of sp³-hybridized carbons (Fsp3) is 0.115. The molecule has 0 unspecified atom stereocenters. The molecule has 0 bridgehead atoms. The van der Waals surface area contributed by atoms with Crippen molar-refractivity contribution in [3.63, 3.8) is 0 Å². The second-order valence-electron chi connectivity index (χ2n) is 7.97. The van der Waals surface area contributed by atoms with Crippen LogP contribution in [0.25, 0.3) is 10.8 Å². The number of amidine groups is 1. The van der Waals surface area contributed by atoms with E-state index >= 15 is 0 Å². The van der Waals surface area contributed by atoms with Gasteiger partial charge < -0.3 is 10.2 Å². The van der Waals surface area contributed by atoms with E-state index < -0.39 is 9.84 Å². The molecule has 1 heterocycles. The Morgan fingerprint density at radius 1 is 0.844 bits per heavy atom. The van der Waals surface area contributed by atoms with Crippen molar-refractivity contribution < 1.29 is 8.42 Å². The first-order valence-electron chi connectivity index (χ1n) is 10.4. The van der Waals surface area contributed by atoms with Gasteiger partial charge in [0.25, 0.3) is 0 Å². The minimum atomic E-state index is -3.51. The summed E-state index contributed by atoms with van der Waals surface area (Å²) in [4.78, 5) is 7.42. The molecule has 0 saturated carbocycles. The number of anilines is 2. The van der Waals surface area contributed by atoms with E-state index in [2.05, 4.69) is 39.5 Å². The summed E-state index contributed by atoms with van der Waals surface area (Å²) in [6.45, 7) is 2.61. The van der Waals surface area contributed by atoms with E-state index in [9.17, 15) is 8.42 Å². The van der Waals surface area contributed by atoms with Crippen LogP contribution in [0.5, 0.6) is 0 Å². The lowest BCUT2D eigenvalue weighted by atomic mass is 10.0. The van der Waals surface area contributed by atoms with Crippen LogP contribution in [-0.2, 0) is 16.4 Å². The SMILES string of the molecule is CC1=Nc2ccc(N(C)Cc3ccc(S(=O)(=O)c4ccccc4)cc3)c3cccc(c23)N1. The molecule has 1 N–H and O–H groups in total. The third-order valence-corrected chi connectivity index (χ3v) is 7.50.